The van der Waals surface area contributed by atoms with Crippen LogP contribution >= 0.6 is 0 Å². The molecule has 104 valence electrons. The smallest absolute Gasteiger partial charge is 0.407 e. The van der Waals surface area contributed by atoms with Gasteiger partial charge in [0, 0.05) is 13.1 Å². The van der Waals surface area contributed by atoms with Crippen molar-refractivity contribution in [1.82, 2.24) is 10.2 Å². The summed E-state index contributed by atoms with van der Waals surface area (Å²) in [5.41, 5.74) is 1.06. The van der Waals surface area contributed by atoms with Gasteiger partial charge in [0.15, 0.2) is 0 Å². The monoisotopic (exact) mass is 262 g/mol. The molecule has 0 spiro atoms. The average Bonchev–Trinajstić information content (AvgIpc) is 2.92. The van der Waals surface area contributed by atoms with Crippen molar-refractivity contribution < 1.29 is 9.53 Å². The highest BCUT2D eigenvalue weighted by Gasteiger charge is 2.21. The van der Waals surface area contributed by atoms with Crippen LogP contribution in [0.1, 0.15) is 31.4 Å². The molecule has 1 N–H and O–H groups in total. The first-order valence-electron chi connectivity index (χ1n) is 7.01. The molecule has 1 aromatic rings. The van der Waals surface area contributed by atoms with Gasteiger partial charge in [-0.05, 0) is 38.4 Å². The van der Waals surface area contributed by atoms with Crippen LogP contribution in [0.4, 0.5) is 4.79 Å². The lowest BCUT2D eigenvalue weighted by Gasteiger charge is -2.24. The predicted octanol–water partition coefficient (Wildman–Crippen LogP) is 2.57. The van der Waals surface area contributed by atoms with Crippen molar-refractivity contribution in [1.29, 1.82) is 0 Å². The maximum atomic E-state index is 11.6. The van der Waals surface area contributed by atoms with Crippen LogP contribution in [0.3, 0.4) is 0 Å². The number of ether oxygens (including phenoxy) is 1. The van der Waals surface area contributed by atoms with E-state index in [2.05, 4.69) is 10.2 Å². The first kappa shape index (κ1) is 13.9. The molecule has 4 nitrogen and oxygen atoms in total. The SMILES string of the molecule is CCNC(=O)OC(CN1CCCC1)c1ccccc1. The Hall–Kier alpha value is -1.55. The van der Waals surface area contributed by atoms with Crippen molar-refractivity contribution >= 4 is 6.09 Å². The number of rotatable bonds is 5. The van der Waals surface area contributed by atoms with E-state index in [1.807, 2.05) is 37.3 Å². The first-order valence-corrected chi connectivity index (χ1v) is 7.01. The third kappa shape index (κ3) is 4.24. The molecule has 1 aliphatic rings. The number of likely N-dealkylation sites (tertiary alicyclic amines) is 1. The zero-order valence-electron chi connectivity index (χ0n) is 11.5. The number of benzene rings is 1. The minimum Gasteiger partial charge on any atom is -0.440 e. The summed E-state index contributed by atoms with van der Waals surface area (Å²) >= 11 is 0. The lowest BCUT2D eigenvalue weighted by atomic mass is 10.1. The number of hydrogen-bond donors (Lipinski definition) is 1. The molecular weight excluding hydrogens is 240 g/mol. The number of nitrogens with zero attached hydrogens (tertiary/aromatic N) is 1. The Balaban J connectivity index is 2.01. The van der Waals surface area contributed by atoms with Gasteiger partial charge in [-0.3, -0.25) is 4.90 Å². The van der Waals surface area contributed by atoms with Gasteiger partial charge in [0.25, 0.3) is 0 Å². The molecule has 1 amide bonds. The van der Waals surface area contributed by atoms with E-state index < -0.39 is 0 Å². The molecule has 4 heteroatoms. The van der Waals surface area contributed by atoms with Gasteiger partial charge in [-0.1, -0.05) is 30.3 Å². The number of carbonyl (C=O) groups is 1. The number of carbonyl (C=O) groups excluding carboxylic acids is 1. The van der Waals surface area contributed by atoms with Crippen LogP contribution in [0.15, 0.2) is 30.3 Å². The standard InChI is InChI=1S/C15H22N2O2/c1-2-16-15(18)19-14(12-17-10-6-7-11-17)13-8-4-3-5-9-13/h3-5,8-9,14H,2,6-7,10-12H2,1H3,(H,16,18). The fourth-order valence-electron chi connectivity index (χ4n) is 2.39. The molecular formula is C15H22N2O2. The van der Waals surface area contributed by atoms with Gasteiger partial charge in [0.2, 0.25) is 0 Å². The molecule has 0 aliphatic carbocycles. The van der Waals surface area contributed by atoms with Crippen LogP contribution in [-0.2, 0) is 4.74 Å². The number of amides is 1. The molecule has 19 heavy (non-hydrogen) atoms. The highest BCUT2D eigenvalue weighted by atomic mass is 16.6. The molecule has 0 bridgehead atoms. The Bertz CT molecular complexity index is 388. The predicted molar refractivity (Wildman–Crippen MR) is 75.0 cm³/mol. The van der Waals surface area contributed by atoms with E-state index in [4.69, 9.17) is 4.74 Å². The van der Waals surface area contributed by atoms with Gasteiger partial charge >= 0.3 is 6.09 Å². The molecule has 1 fully saturated rings. The van der Waals surface area contributed by atoms with E-state index in [0.29, 0.717) is 6.54 Å². The van der Waals surface area contributed by atoms with Crippen LogP contribution in [0.2, 0.25) is 0 Å². The van der Waals surface area contributed by atoms with Gasteiger partial charge in [0.05, 0.1) is 0 Å². The van der Waals surface area contributed by atoms with Gasteiger partial charge in [-0.25, -0.2) is 4.79 Å². The number of nitrogens with one attached hydrogen (secondary N) is 1. The van der Waals surface area contributed by atoms with E-state index in [1.165, 1.54) is 12.8 Å². The number of hydrogen-bond acceptors (Lipinski definition) is 3. The van der Waals surface area contributed by atoms with Crippen molar-refractivity contribution in [3.63, 3.8) is 0 Å². The van der Waals surface area contributed by atoms with Crippen LogP contribution in [-0.4, -0.2) is 37.2 Å². The second kappa shape index (κ2) is 7.14. The van der Waals surface area contributed by atoms with E-state index in [9.17, 15) is 4.79 Å². The Morgan fingerprint density at radius 3 is 2.63 bits per heavy atom. The highest BCUT2D eigenvalue weighted by molar-refractivity contribution is 5.67. The van der Waals surface area contributed by atoms with Gasteiger partial charge < -0.3 is 10.1 Å². The minimum absolute atomic E-state index is 0.189. The summed E-state index contributed by atoms with van der Waals surface area (Å²) in [6, 6.07) is 9.96. The second-order valence-electron chi connectivity index (χ2n) is 4.84. The molecule has 0 aromatic heterocycles. The zero-order valence-corrected chi connectivity index (χ0v) is 11.5. The lowest BCUT2D eigenvalue weighted by molar-refractivity contribution is 0.0756. The Kier molecular flexibility index (Phi) is 5.21. The maximum absolute atomic E-state index is 11.6. The molecule has 1 aliphatic heterocycles. The summed E-state index contributed by atoms with van der Waals surface area (Å²) < 4.78 is 5.55. The maximum Gasteiger partial charge on any atom is 0.407 e. The first-order chi connectivity index (χ1) is 9.29. The van der Waals surface area contributed by atoms with E-state index in [0.717, 1.165) is 25.2 Å². The minimum atomic E-state index is -0.337. The zero-order chi connectivity index (χ0) is 13.5. The van der Waals surface area contributed by atoms with Gasteiger partial charge in [0.1, 0.15) is 6.10 Å². The Morgan fingerprint density at radius 1 is 1.32 bits per heavy atom. The number of alkyl carbamates (subject to hydrolysis) is 1. The van der Waals surface area contributed by atoms with E-state index in [1.54, 1.807) is 0 Å². The Labute approximate surface area is 114 Å². The largest absolute Gasteiger partial charge is 0.440 e. The molecule has 1 unspecified atom stereocenters. The van der Waals surface area contributed by atoms with Crippen LogP contribution in [0.25, 0.3) is 0 Å². The summed E-state index contributed by atoms with van der Waals surface area (Å²) in [5, 5.41) is 2.69. The molecule has 1 heterocycles. The molecule has 1 saturated heterocycles. The van der Waals surface area contributed by atoms with E-state index in [-0.39, 0.29) is 12.2 Å². The summed E-state index contributed by atoms with van der Waals surface area (Å²) in [6.45, 7) is 5.45. The summed E-state index contributed by atoms with van der Waals surface area (Å²) in [6.07, 6.45) is 1.95. The third-order valence-corrected chi connectivity index (χ3v) is 3.36. The average molecular weight is 262 g/mol. The van der Waals surface area contributed by atoms with Crippen molar-refractivity contribution in [2.24, 2.45) is 0 Å². The fourth-order valence-corrected chi connectivity index (χ4v) is 2.39. The summed E-state index contributed by atoms with van der Waals surface area (Å²) in [7, 11) is 0. The second-order valence-corrected chi connectivity index (χ2v) is 4.84. The lowest BCUT2D eigenvalue weighted by Crippen LogP contribution is -2.32. The van der Waals surface area contributed by atoms with Gasteiger partial charge in [-0.2, -0.15) is 0 Å². The molecule has 1 atom stereocenters. The van der Waals surface area contributed by atoms with Crippen molar-refractivity contribution in [3.8, 4) is 0 Å². The van der Waals surface area contributed by atoms with Crippen LogP contribution in [0.5, 0.6) is 0 Å². The van der Waals surface area contributed by atoms with Crippen molar-refractivity contribution in [2.75, 3.05) is 26.2 Å². The molecule has 0 saturated carbocycles. The van der Waals surface area contributed by atoms with Gasteiger partial charge in [-0.15, -0.1) is 0 Å². The van der Waals surface area contributed by atoms with Crippen LogP contribution < -0.4 is 5.32 Å². The van der Waals surface area contributed by atoms with Crippen molar-refractivity contribution in [2.45, 2.75) is 25.9 Å². The normalized spacial score (nSPS) is 17.1. The summed E-state index contributed by atoms with van der Waals surface area (Å²) in [5.74, 6) is 0. The quantitative estimate of drug-likeness (QED) is 0.886. The molecule has 2 rings (SSSR count). The molecule has 0 radical (unpaired) electrons. The topological polar surface area (TPSA) is 41.6 Å². The fraction of sp³-hybridized carbons (Fsp3) is 0.533. The summed E-state index contributed by atoms with van der Waals surface area (Å²) in [4.78, 5) is 14.0. The highest BCUT2D eigenvalue weighted by Crippen LogP contribution is 2.21. The molecule has 1 aromatic carbocycles. The van der Waals surface area contributed by atoms with E-state index >= 15 is 0 Å². The third-order valence-electron chi connectivity index (χ3n) is 3.36. The Morgan fingerprint density at radius 2 is 2.00 bits per heavy atom. The van der Waals surface area contributed by atoms with Crippen molar-refractivity contribution in [3.05, 3.63) is 35.9 Å². The van der Waals surface area contributed by atoms with Crippen LogP contribution in [0, 0.1) is 0 Å².